The minimum atomic E-state index is -0.249. The van der Waals surface area contributed by atoms with E-state index in [-0.39, 0.29) is 17.6 Å². The maximum absolute atomic E-state index is 13.7. The summed E-state index contributed by atoms with van der Waals surface area (Å²) in [5.41, 5.74) is 4.44. The SMILES string of the molecule is O=C(Cc1ccccc1)[C@@H](c1ccccc1)C(c1ccccc1)c1ccccc1. The van der Waals surface area contributed by atoms with Crippen LogP contribution in [0, 0.1) is 0 Å². The first kappa shape index (κ1) is 18.9. The van der Waals surface area contributed by atoms with Gasteiger partial charge in [0.25, 0.3) is 0 Å². The Balaban J connectivity index is 1.82. The third-order valence-electron chi connectivity index (χ3n) is 5.38. The van der Waals surface area contributed by atoms with Gasteiger partial charge in [-0.3, -0.25) is 4.79 Å². The summed E-state index contributed by atoms with van der Waals surface area (Å²) in [4.78, 5) is 13.7. The van der Waals surface area contributed by atoms with Crippen LogP contribution in [0.15, 0.2) is 121 Å². The van der Waals surface area contributed by atoms with Gasteiger partial charge in [0, 0.05) is 12.3 Å². The van der Waals surface area contributed by atoms with Crippen molar-refractivity contribution in [3.8, 4) is 0 Å². The van der Waals surface area contributed by atoms with Crippen molar-refractivity contribution in [1.29, 1.82) is 0 Å². The average molecular weight is 376 g/mol. The van der Waals surface area contributed by atoms with Gasteiger partial charge in [-0.25, -0.2) is 0 Å². The fraction of sp³-hybridized carbons (Fsp3) is 0.107. The van der Waals surface area contributed by atoms with Crippen molar-refractivity contribution in [1.82, 2.24) is 0 Å². The highest BCUT2D eigenvalue weighted by Gasteiger charge is 2.32. The zero-order chi connectivity index (χ0) is 19.9. The van der Waals surface area contributed by atoms with Gasteiger partial charge >= 0.3 is 0 Å². The molecule has 29 heavy (non-hydrogen) atoms. The molecule has 1 atom stereocenters. The third-order valence-corrected chi connectivity index (χ3v) is 5.38. The lowest BCUT2D eigenvalue weighted by Gasteiger charge is -2.28. The summed E-state index contributed by atoms with van der Waals surface area (Å²) in [7, 11) is 0. The summed E-state index contributed by atoms with van der Waals surface area (Å²) in [5.74, 6) is -0.0441. The van der Waals surface area contributed by atoms with E-state index in [0.717, 1.165) is 22.3 Å². The Kier molecular flexibility index (Phi) is 5.97. The average Bonchev–Trinajstić information content (AvgIpc) is 2.79. The lowest BCUT2D eigenvalue weighted by Crippen LogP contribution is -2.23. The van der Waals surface area contributed by atoms with Gasteiger partial charge in [0.15, 0.2) is 0 Å². The van der Waals surface area contributed by atoms with Crippen LogP contribution < -0.4 is 0 Å². The zero-order valence-electron chi connectivity index (χ0n) is 16.3. The molecule has 0 radical (unpaired) electrons. The number of ketones is 1. The fourth-order valence-electron chi connectivity index (χ4n) is 4.03. The van der Waals surface area contributed by atoms with Gasteiger partial charge in [-0.05, 0) is 22.3 Å². The van der Waals surface area contributed by atoms with Gasteiger partial charge in [0.05, 0.1) is 5.92 Å². The first-order valence-corrected chi connectivity index (χ1v) is 10.0. The van der Waals surface area contributed by atoms with Crippen molar-refractivity contribution < 1.29 is 4.79 Å². The number of Topliss-reactive ketones (excluding diaryl/α,β-unsaturated/α-hetero) is 1. The molecule has 4 rings (SSSR count). The second kappa shape index (κ2) is 9.16. The first-order valence-electron chi connectivity index (χ1n) is 10.0. The summed E-state index contributed by atoms with van der Waals surface area (Å²) in [6.07, 6.45) is 0.427. The second-order valence-corrected chi connectivity index (χ2v) is 7.32. The predicted molar refractivity (Wildman–Crippen MR) is 119 cm³/mol. The van der Waals surface area contributed by atoms with E-state index in [1.54, 1.807) is 0 Å². The van der Waals surface area contributed by atoms with Crippen molar-refractivity contribution in [3.63, 3.8) is 0 Å². The number of hydrogen-bond donors (Lipinski definition) is 0. The number of carbonyl (C=O) groups excluding carboxylic acids is 1. The van der Waals surface area contributed by atoms with E-state index in [1.807, 2.05) is 60.7 Å². The van der Waals surface area contributed by atoms with E-state index >= 15 is 0 Å². The molecule has 0 aliphatic rings. The van der Waals surface area contributed by atoms with Crippen LogP contribution in [0.2, 0.25) is 0 Å². The van der Waals surface area contributed by atoms with Gasteiger partial charge in [0.2, 0.25) is 0 Å². The van der Waals surface area contributed by atoms with Crippen LogP contribution in [-0.2, 0) is 11.2 Å². The molecule has 0 aromatic heterocycles. The summed E-state index contributed by atoms with van der Waals surface area (Å²) in [5, 5.41) is 0. The molecular formula is C28H24O. The Labute approximate surface area is 172 Å². The molecule has 0 heterocycles. The number of rotatable bonds is 7. The molecule has 142 valence electrons. The van der Waals surface area contributed by atoms with Crippen LogP contribution in [0.25, 0.3) is 0 Å². The van der Waals surface area contributed by atoms with Crippen LogP contribution in [0.3, 0.4) is 0 Å². The molecule has 4 aromatic carbocycles. The highest BCUT2D eigenvalue weighted by molar-refractivity contribution is 5.89. The van der Waals surface area contributed by atoms with Gasteiger partial charge in [-0.2, -0.15) is 0 Å². The quantitative estimate of drug-likeness (QED) is 0.364. The monoisotopic (exact) mass is 376 g/mol. The number of benzene rings is 4. The standard InChI is InChI=1S/C28H24O/c29-26(21-22-13-5-1-6-14-22)28(25-19-11-4-12-20-25)27(23-15-7-2-8-16-23)24-17-9-3-10-18-24/h1-20,27-28H,21H2/t28-/m1/s1. The molecule has 1 heteroatoms. The first-order chi connectivity index (χ1) is 14.3. The molecule has 0 aliphatic carbocycles. The topological polar surface area (TPSA) is 17.1 Å². The Hall–Kier alpha value is -3.45. The Morgan fingerprint density at radius 1 is 0.517 bits per heavy atom. The van der Waals surface area contributed by atoms with Crippen LogP contribution in [0.5, 0.6) is 0 Å². The lowest BCUT2D eigenvalue weighted by molar-refractivity contribution is -0.120. The third kappa shape index (κ3) is 4.52. The molecule has 0 aliphatic heterocycles. The highest BCUT2D eigenvalue weighted by Crippen LogP contribution is 2.39. The number of carbonyl (C=O) groups is 1. The summed E-state index contributed by atoms with van der Waals surface area (Å²) in [6, 6.07) is 41.0. The number of hydrogen-bond acceptors (Lipinski definition) is 1. The van der Waals surface area contributed by atoms with Crippen molar-refractivity contribution >= 4 is 5.78 Å². The molecular weight excluding hydrogens is 352 g/mol. The van der Waals surface area contributed by atoms with E-state index < -0.39 is 0 Å². The molecule has 4 aromatic rings. The molecule has 0 unspecified atom stereocenters. The van der Waals surface area contributed by atoms with Crippen LogP contribution in [0.1, 0.15) is 34.1 Å². The summed E-state index contributed by atoms with van der Waals surface area (Å²) in [6.45, 7) is 0. The fourth-order valence-corrected chi connectivity index (χ4v) is 4.03. The van der Waals surface area contributed by atoms with Crippen LogP contribution in [0.4, 0.5) is 0 Å². The molecule has 0 N–H and O–H groups in total. The molecule has 0 saturated heterocycles. The Morgan fingerprint density at radius 3 is 1.34 bits per heavy atom. The van der Waals surface area contributed by atoms with E-state index in [1.165, 1.54) is 0 Å². The Bertz CT molecular complexity index is 985. The van der Waals surface area contributed by atoms with Crippen molar-refractivity contribution in [2.75, 3.05) is 0 Å². The summed E-state index contributed by atoms with van der Waals surface area (Å²) < 4.78 is 0. The predicted octanol–water partition coefficient (Wildman–Crippen LogP) is 6.41. The smallest absolute Gasteiger partial charge is 0.145 e. The van der Waals surface area contributed by atoms with Crippen LogP contribution in [-0.4, -0.2) is 5.78 Å². The van der Waals surface area contributed by atoms with Gasteiger partial charge in [0.1, 0.15) is 5.78 Å². The van der Waals surface area contributed by atoms with E-state index in [4.69, 9.17) is 0 Å². The normalized spacial score (nSPS) is 11.9. The second-order valence-electron chi connectivity index (χ2n) is 7.32. The summed E-state index contributed by atoms with van der Waals surface area (Å²) >= 11 is 0. The lowest BCUT2D eigenvalue weighted by atomic mass is 9.74. The molecule has 0 spiro atoms. The molecule has 0 saturated carbocycles. The molecule has 0 fully saturated rings. The Morgan fingerprint density at radius 2 is 0.897 bits per heavy atom. The van der Waals surface area contributed by atoms with Gasteiger partial charge in [-0.1, -0.05) is 121 Å². The van der Waals surface area contributed by atoms with Gasteiger partial charge < -0.3 is 0 Å². The van der Waals surface area contributed by atoms with Crippen LogP contribution >= 0.6 is 0 Å². The minimum absolute atomic E-state index is 0.0315. The van der Waals surface area contributed by atoms with E-state index in [9.17, 15) is 4.79 Å². The molecule has 1 nitrogen and oxygen atoms in total. The van der Waals surface area contributed by atoms with Gasteiger partial charge in [-0.15, -0.1) is 0 Å². The van der Waals surface area contributed by atoms with Crippen molar-refractivity contribution in [2.45, 2.75) is 18.3 Å². The van der Waals surface area contributed by atoms with E-state index in [0.29, 0.717) is 6.42 Å². The largest absolute Gasteiger partial charge is 0.299 e. The van der Waals surface area contributed by atoms with E-state index in [2.05, 4.69) is 60.7 Å². The van der Waals surface area contributed by atoms with Crippen molar-refractivity contribution in [3.05, 3.63) is 144 Å². The molecule has 0 bridgehead atoms. The van der Waals surface area contributed by atoms with Crippen molar-refractivity contribution in [2.24, 2.45) is 0 Å². The maximum atomic E-state index is 13.7. The highest BCUT2D eigenvalue weighted by atomic mass is 16.1. The zero-order valence-corrected chi connectivity index (χ0v) is 16.3. The maximum Gasteiger partial charge on any atom is 0.145 e. The minimum Gasteiger partial charge on any atom is -0.299 e. The molecule has 0 amide bonds.